The number of rotatable bonds is 1. The number of amides is 2. The van der Waals surface area contributed by atoms with E-state index in [0.29, 0.717) is 18.8 Å². The van der Waals surface area contributed by atoms with Crippen molar-refractivity contribution in [1.82, 2.24) is 0 Å². The Bertz CT molecular complexity index is 538. The average molecular weight is 274 g/mol. The first-order chi connectivity index (χ1) is 9.66. The second kappa shape index (κ2) is 5.25. The average Bonchev–Trinajstić information content (AvgIpc) is 2.94. The van der Waals surface area contributed by atoms with Crippen molar-refractivity contribution >= 4 is 23.2 Å². The molecular formula is C15H18N2O3. The first-order valence-corrected chi connectivity index (χ1v) is 6.99. The Kier molecular flexibility index (Phi) is 3.44. The molecule has 2 atom stereocenters. The molecule has 0 spiro atoms. The summed E-state index contributed by atoms with van der Waals surface area (Å²) in [6, 6.07) is 7.40. The second-order valence-corrected chi connectivity index (χ2v) is 5.36. The summed E-state index contributed by atoms with van der Waals surface area (Å²) < 4.78 is 5.49. The first-order valence-electron chi connectivity index (χ1n) is 6.99. The van der Waals surface area contributed by atoms with E-state index in [2.05, 4.69) is 5.32 Å². The Morgan fingerprint density at radius 3 is 2.95 bits per heavy atom. The van der Waals surface area contributed by atoms with Crippen LogP contribution < -0.4 is 10.2 Å². The van der Waals surface area contributed by atoms with Crippen LogP contribution in [-0.4, -0.2) is 31.1 Å². The van der Waals surface area contributed by atoms with E-state index in [4.69, 9.17) is 4.74 Å². The predicted octanol–water partition coefficient (Wildman–Crippen LogP) is 1.79. The second-order valence-electron chi connectivity index (χ2n) is 5.36. The highest BCUT2D eigenvalue weighted by Gasteiger charge is 2.34. The van der Waals surface area contributed by atoms with Gasteiger partial charge in [-0.25, -0.2) is 0 Å². The molecule has 0 aliphatic carbocycles. The summed E-state index contributed by atoms with van der Waals surface area (Å²) in [5.41, 5.74) is 1.44. The van der Waals surface area contributed by atoms with Gasteiger partial charge in [0.2, 0.25) is 5.91 Å². The number of hydrogen-bond donors (Lipinski definition) is 1. The van der Waals surface area contributed by atoms with Crippen molar-refractivity contribution < 1.29 is 14.3 Å². The van der Waals surface area contributed by atoms with Crippen molar-refractivity contribution in [2.75, 3.05) is 23.4 Å². The topological polar surface area (TPSA) is 58.6 Å². The number of ether oxygens (including phenoxy) is 1. The first kappa shape index (κ1) is 13.1. The molecule has 2 aliphatic rings. The molecule has 5 nitrogen and oxygen atoms in total. The van der Waals surface area contributed by atoms with Crippen LogP contribution in [0.25, 0.3) is 0 Å². The highest BCUT2D eigenvalue weighted by molar-refractivity contribution is 6.05. The Labute approximate surface area is 117 Å². The Balaban J connectivity index is 1.95. The van der Waals surface area contributed by atoms with Crippen LogP contribution in [0.3, 0.4) is 0 Å². The van der Waals surface area contributed by atoms with Gasteiger partial charge in [-0.2, -0.15) is 0 Å². The molecule has 0 bridgehead atoms. The van der Waals surface area contributed by atoms with Gasteiger partial charge in [0.05, 0.1) is 17.3 Å². The van der Waals surface area contributed by atoms with Gasteiger partial charge < -0.3 is 15.0 Å². The third-order valence-electron chi connectivity index (χ3n) is 3.83. The fourth-order valence-corrected chi connectivity index (χ4v) is 2.68. The summed E-state index contributed by atoms with van der Waals surface area (Å²) in [5, 5.41) is 2.87. The molecule has 1 unspecified atom stereocenters. The number of carbonyl (C=O) groups excluding carboxylic acids is 2. The van der Waals surface area contributed by atoms with E-state index in [1.807, 2.05) is 31.2 Å². The zero-order valence-electron chi connectivity index (χ0n) is 11.5. The van der Waals surface area contributed by atoms with Crippen LogP contribution in [0.2, 0.25) is 0 Å². The molecule has 2 aliphatic heterocycles. The molecular weight excluding hydrogens is 256 g/mol. The van der Waals surface area contributed by atoms with Crippen molar-refractivity contribution in [2.45, 2.75) is 25.9 Å². The summed E-state index contributed by atoms with van der Waals surface area (Å²) in [6.07, 6.45) is 1.30. The summed E-state index contributed by atoms with van der Waals surface area (Å²) in [6.45, 7) is 2.86. The predicted molar refractivity (Wildman–Crippen MR) is 75.6 cm³/mol. The molecule has 0 aromatic heterocycles. The Morgan fingerprint density at radius 2 is 2.20 bits per heavy atom. The van der Waals surface area contributed by atoms with Crippen LogP contribution in [0, 0.1) is 5.92 Å². The number of para-hydroxylation sites is 2. The van der Waals surface area contributed by atoms with Gasteiger partial charge in [-0.3, -0.25) is 9.59 Å². The molecule has 2 amide bonds. The lowest BCUT2D eigenvalue weighted by atomic mass is 10.1. The normalized spacial score (nSPS) is 25.9. The van der Waals surface area contributed by atoms with E-state index >= 15 is 0 Å². The van der Waals surface area contributed by atoms with Gasteiger partial charge in [-0.1, -0.05) is 19.1 Å². The standard InChI is InChI=1S/C15H18N2O3/c1-10-9-17(15(19)13-7-4-8-20-13)12-6-3-2-5-11(12)16-14(10)18/h2-3,5-6,10,13H,4,7-9H2,1H3,(H,16,18)/t10?,13-/m1/s1. The van der Waals surface area contributed by atoms with Gasteiger partial charge in [-0.15, -0.1) is 0 Å². The van der Waals surface area contributed by atoms with Gasteiger partial charge in [-0.05, 0) is 25.0 Å². The molecule has 1 fully saturated rings. The molecule has 0 saturated carbocycles. The molecule has 3 rings (SSSR count). The van der Waals surface area contributed by atoms with Crippen molar-refractivity contribution in [3.8, 4) is 0 Å². The summed E-state index contributed by atoms with van der Waals surface area (Å²) in [4.78, 5) is 26.3. The van der Waals surface area contributed by atoms with E-state index in [9.17, 15) is 9.59 Å². The van der Waals surface area contributed by atoms with E-state index in [0.717, 1.165) is 18.5 Å². The lowest BCUT2D eigenvalue weighted by Crippen LogP contribution is -2.41. The fourth-order valence-electron chi connectivity index (χ4n) is 2.68. The third kappa shape index (κ3) is 2.29. The van der Waals surface area contributed by atoms with Crippen molar-refractivity contribution in [3.05, 3.63) is 24.3 Å². The van der Waals surface area contributed by atoms with Gasteiger partial charge in [0.15, 0.2) is 0 Å². The van der Waals surface area contributed by atoms with Crippen molar-refractivity contribution in [2.24, 2.45) is 5.92 Å². The van der Waals surface area contributed by atoms with Gasteiger partial charge in [0, 0.05) is 13.2 Å². The smallest absolute Gasteiger partial charge is 0.256 e. The minimum atomic E-state index is -0.372. The summed E-state index contributed by atoms with van der Waals surface area (Å²) in [5.74, 6) is -0.342. The van der Waals surface area contributed by atoms with E-state index in [1.54, 1.807) is 4.90 Å². The molecule has 0 radical (unpaired) electrons. The molecule has 2 heterocycles. The molecule has 1 aromatic carbocycles. The minimum absolute atomic E-state index is 0.0432. The minimum Gasteiger partial charge on any atom is -0.368 e. The van der Waals surface area contributed by atoms with Crippen LogP contribution in [0.4, 0.5) is 11.4 Å². The number of anilines is 2. The SMILES string of the molecule is CC1CN(C(=O)[C@H]2CCCO2)c2ccccc2NC1=O. The van der Waals surface area contributed by atoms with E-state index in [-0.39, 0.29) is 23.8 Å². The third-order valence-corrected chi connectivity index (χ3v) is 3.83. The van der Waals surface area contributed by atoms with E-state index in [1.165, 1.54) is 0 Å². The van der Waals surface area contributed by atoms with Crippen LogP contribution >= 0.6 is 0 Å². The number of nitrogens with zero attached hydrogens (tertiary/aromatic N) is 1. The fraction of sp³-hybridized carbons (Fsp3) is 0.467. The maximum atomic E-state index is 12.6. The quantitative estimate of drug-likeness (QED) is 0.849. The van der Waals surface area contributed by atoms with Crippen molar-refractivity contribution in [1.29, 1.82) is 0 Å². The lowest BCUT2D eigenvalue weighted by molar-refractivity contribution is -0.127. The maximum absolute atomic E-state index is 12.6. The number of carbonyl (C=O) groups is 2. The molecule has 106 valence electrons. The summed E-state index contributed by atoms with van der Waals surface area (Å²) >= 11 is 0. The maximum Gasteiger partial charge on any atom is 0.256 e. The zero-order chi connectivity index (χ0) is 14.1. The highest BCUT2D eigenvalue weighted by Crippen LogP contribution is 2.31. The number of fused-ring (bicyclic) bond motifs is 1. The van der Waals surface area contributed by atoms with Crippen molar-refractivity contribution in [3.63, 3.8) is 0 Å². The molecule has 1 N–H and O–H groups in total. The monoisotopic (exact) mass is 274 g/mol. The molecule has 20 heavy (non-hydrogen) atoms. The van der Waals surface area contributed by atoms with E-state index < -0.39 is 0 Å². The molecule has 5 heteroatoms. The molecule has 1 saturated heterocycles. The zero-order valence-corrected chi connectivity index (χ0v) is 11.5. The Morgan fingerprint density at radius 1 is 1.40 bits per heavy atom. The van der Waals surface area contributed by atoms with Crippen LogP contribution in [0.5, 0.6) is 0 Å². The number of benzene rings is 1. The van der Waals surface area contributed by atoms with Crippen LogP contribution in [-0.2, 0) is 14.3 Å². The van der Waals surface area contributed by atoms with Crippen LogP contribution in [0.1, 0.15) is 19.8 Å². The Hall–Kier alpha value is -1.88. The number of nitrogens with one attached hydrogen (secondary N) is 1. The highest BCUT2D eigenvalue weighted by atomic mass is 16.5. The summed E-state index contributed by atoms with van der Waals surface area (Å²) in [7, 11) is 0. The van der Waals surface area contributed by atoms with Gasteiger partial charge in [0.25, 0.3) is 5.91 Å². The number of hydrogen-bond acceptors (Lipinski definition) is 3. The van der Waals surface area contributed by atoms with Gasteiger partial charge in [0.1, 0.15) is 6.10 Å². The van der Waals surface area contributed by atoms with Gasteiger partial charge >= 0.3 is 0 Å². The lowest BCUT2D eigenvalue weighted by Gasteiger charge is -2.26. The molecule has 1 aromatic rings. The van der Waals surface area contributed by atoms with Crippen LogP contribution in [0.15, 0.2) is 24.3 Å². The largest absolute Gasteiger partial charge is 0.368 e.